The van der Waals surface area contributed by atoms with Crippen molar-refractivity contribution in [2.45, 2.75) is 55.4 Å². The van der Waals surface area contributed by atoms with Crippen molar-refractivity contribution in [1.82, 2.24) is 0 Å². The van der Waals surface area contributed by atoms with E-state index in [0.29, 0.717) is 5.41 Å². The average molecular weight is 417 g/mol. The van der Waals surface area contributed by atoms with Crippen molar-refractivity contribution in [2.75, 3.05) is 0 Å². The Labute approximate surface area is 173 Å². The molecule has 0 spiro atoms. The molecule has 0 bridgehead atoms. The number of carboxylic acid groups (broad SMARTS) is 4. The van der Waals surface area contributed by atoms with Gasteiger partial charge in [-0.3, -0.25) is 0 Å². The van der Waals surface area contributed by atoms with Crippen LogP contribution in [0.4, 0.5) is 0 Å². The highest BCUT2D eigenvalue weighted by molar-refractivity contribution is 5.85. The van der Waals surface area contributed by atoms with Crippen LogP contribution < -0.4 is 0 Å². The fourth-order valence-corrected chi connectivity index (χ4v) is 0. The first-order valence-corrected chi connectivity index (χ1v) is 8.13. The Hall–Kier alpha value is -3.16. The van der Waals surface area contributed by atoms with E-state index in [9.17, 15) is 19.2 Å². The maximum Gasteiger partial charge on any atom is 0.330 e. The van der Waals surface area contributed by atoms with Gasteiger partial charge in [0.2, 0.25) is 0 Å². The molecule has 0 fully saturated rings. The molecule has 0 aromatic heterocycles. The highest BCUT2D eigenvalue weighted by Gasteiger charge is 1.95. The first-order chi connectivity index (χ1) is 12.6. The third-order valence-electron chi connectivity index (χ3n) is 1.46. The molecule has 168 valence electrons. The summed E-state index contributed by atoms with van der Waals surface area (Å²) in [7, 11) is 0. The van der Waals surface area contributed by atoms with E-state index in [4.69, 9.17) is 20.4 Å². The van der Waals surface area contributed by atoms with Gasteiger partial charge < -0.3 is 20.4 Å². The first kappa shape index (κ1) is 36.7. The lowest BCUT2D eigenvalue weighted by molar-refractivity contribution is -0.133. The monoisotopic (exact) mass is 416 g/mol. The third kappa shape index (κ3) is 78.6. The molecule has 0 radical (unpaired) electrons. The number of carbonyl (C=O) groups is 4. The van der Waals surface area contributed by atoms with Crippen LogP contribution in [0.1, 0.15) is 55.4 Å². The molecule has 0 atom stereocenters. The van der Waals surface area contributed by atoms with E-state index >= 15 is 0 Å². The van der Waals surface area contributed by atoms with Gasteiger partial charge in [-0.25, -0.2) is 19.2 Å². The maximum atomic E-state index is 9.60. The molecule has 0 rings (SSSR count). The minimum absolute atomic E-state index is 0.176. The lowest BCUT2D eigenvalue weighted by Gasteiger charge is -2.05. The van der Waals surface area contributed by atoms with Crippen LogP contribution >= 0.6 is 0 Å². The number of carboxylic acids is 4. The molecule has 29 heavy (non-hydrogen) atoms. The average Bonchev–Trinajstić information content (AvgIpc) is 2.46. The summed E-state index contributed by atoms with van der Waals surface area (Å²) in [6.07, 6.45) is 0. The molecule has 0 saturated carbocycles. The Bertz CT molecular complexity index is 455. The smallest absolute Gasteiger partial charge is 0.330 e. The molecule has 8 nitrogen and oxygen atoms in total. The van der Waals surface area contributed by atoms with Crippen LogP contribution in [-0.2, 0) is 19.2 Å². The number of hydrogen-bond donors (Lipinski definition) is 4. The van der Waals surface area contributed by atoms with E-state index in [1.54, 1.807) is 0 Å². The van der Waals surface area contributed by atoms with Crippen LogP contribution in [0.15, 0.2) is 48.6 Å². The number of hydrogen-bond acceptors (Lipinski definition) is 4. The zero-order valence-corrected chi connectivity index (χ0v) is 18.8. The maximum absolute atomic E-state index is 9.60. The van der Waals surface area contributed by atoms with E-state index in [0.717, 1.165) is 0 Å². The molecule has 8 heteroatoms. The van der Waals surface area contributed by atoms with Crippen molar-refractivity contribution < 1.29 is 39.6 Å². The topological polar surface area (TPSA) is 149 Å². The van der Waals surface area contributed by atoms with E-state index < -0.39 is 23.9 Å². The van der Waals surface area contributed by atoms with Gasteiger partial charge in [0.05, 0.1) is 0 Å². The van der Waals surface area contributed by atoms with Crippen LogP contribution in [0.2, 0.25) is 0 Å². The molecule has 0 aliphatic heterocycles. The summed E-state index contributed by atoms with van der Waals surface area (Å²) in [5, 5.41) is 31.6. The highest BCUT2D eigenvalue weighted by atomic mass is 16.4. The van der Waals surface area contributed by atoms with Crippen molar-refractivity contribution in [3.63, 3.8) is 0 Å². The standard InChI is InChI=1S/C5H12.4C4H6O2/c1-5(2,3)4;4*1-3(2)4(5)6/h1-4H3;4*1H2,2H3,(H,5,6). The molecule has 0 aliphatic carbocycles. The zero-order valence-electron chi connectivity index (χ0n) is 18.8. The van der Waals surface area contributed by atoms with Gasteiger partial charge in [0.1, 0.15) is 0 Å². The van der Waals surface area contributed by atoms with Gasteiger partial charge in [0, 0.05) is 22.3 Å². The van der Waals surface area contributed by atoms with E-state index in [2.05, 4.69) is 54.0 Å². The van der Waals surface area contributed by atoms with Gasteiger partial charge in [0.25, 0.3) is 0 Å². The number of rotatable bonds is 4. The molecule has 0 saturated heterocycles. The van der Waals surface area contributed by atoms with Crippen LogP contribution in [0.25, 0.3) is 0 Å². The third-order valence-corrected chi connectivity index (χ3v) is 1.46. The second kappa shape index (κ2) is 19.6. The molecule has 0 heterocycles. The summed E-state index contributed by atoms with van der Waals surface area (Å²) in [5.41, 5.74) is 1.20. The Morgan fingerprint density at radius 3 is 0.517 bits per heavy atom. The van der Waals surface area contributed by atoms with Gasteiger partial charge in [-0.05, 0) is 33.1 Å². The Morgan fingerprint density at radius 1 is 0.483 bits per heavy atom. The lowest BCUT2D eigenvalue weighted by atomic mass is 10.0. The van der Waals surface area contributed by atoms with E-state index in [1.807, 2.05) is 0 Å². The second-order valence-electron chi connectivity index (χ2n) is 7.34. The summed E-state index contributed by atoms with van der Waals surface area (Å²) in [4.78, 5) is 38.4. The highest BCUT2D eigenvalue weighted by Crippen LogP contribution is 2.08. The van der Waals surface area contributed by atoms with Crippen LogP contribution in [0.3, 0.4) is 0 Å². The first-order valence-electron chi connectivity index (χ1n) is 8.13. The minimum Gasteiger partial charge on any atom is -0.478 e. The fourth-order valence-electron chi connectivity index (χ4n) is 0. The normalized spacial score (nSPS) is 8.28. The van der Waals surface area contributed by atoms with Crippen LogP contribution in [-0.4, -0.2) is 44.3 Å². The van der Waals surface area contributed by atoms with Crippen molar-refractivity contribution in [3.05, 3.63) is 48.6 Å². The lowest BCUT2D eigenvalue weighted by Crippen LogP contribution is -1.93. The number of aliphatic carboxylic acids is 4. The van der Waals surface area contributed by atoms with Crippen LogP contribution in [0.5, 0.6) is 0 Å². The molecule has 0 aromatic rings. The SMILES string of the molecule is C=C(C)C(=O)O.C=C(C)C(=O)O.C=C(C)C(=O)O.C=C(C)C(=O)O.CC(C)(C)C. The predicted molar refractivity (Wildman–Crippen MR) is 115 cm³/mol. The predicted octanol–water partition coefficient (Wildman–Crippen LogP) is 4.64. The molecule has 0 unspecified atom stereocenters. The van der Waals surface area contributed by atoms with Gasteiger partial charge in [-0.2, -0.15) is 0 Å². The molecule has 0 aliphatic rings. The van der Waals surface area contributed by atoms with Gasteiger partial charge in [-0.15, -0.1) is 0 Å². The fraction of sp³-hybridized carbons (Fsp3) is 0.429. The molecule has 4 N–H and O–H groups in total. The molecular weight excluding hydrogens is 380 g/mol. The Kier molecular flexibility index (Phi) is 24.8. The van der Waals surface area contributed by atoms with Gasteiger partial charge >= 0.3 is 23.9 Å². The zero-order chi connectivity index (χ0) is 25.1. The van der Waals surface area contributed by atoms with Gasteiger partial charge in [-0.1, -0.05) is 54.0 Å². The van der Waals surface area contributed by atoms with E-state index in [1.165, 1.54) is 27.7 Å². The van der Waals surface area contributed by atoms with Crippen molar-refractivity contribution >= 4 is 23.9 Å². The van der Waals surface area contributed by atoms with Crippen molar-refractivity contribution in [2.24, 2.45) is 5.41 Å². The molecule has 0 amide bonds. The Balaban J connectivity index is -0.0000000829. The molecule has 0 aromatic carbocycles. The summed E-state index contributed by atoms with van der Waals surface area (Å²) < 4.78 is 0. The Morgan fingerprint density at radius 2 is 0.517 bits per heavy atom. The van der Waals surface area contributed by atoms with Gasteiger partial charge in [0.15, 0.2) is 0 Å². The summed E-state index contributed by atoms with van der Waals surface area (Å²) in [5.74, 6) is -3.74. The van der Waals surface area contributed by atoms with E-state index in [-0.39, 0.29) is 22.3 Å². The summed E-state index contributed by atoms with van der Waals surface area (Å²) >= 11 is 0. The summed E-state index contributed by atoms with van der Waals surface area (Å²) in [6.45, 7) is 27.2. The quantitative estimate of drug-likeness (QED) is 0.484. The molecular formula is C21H36O8. The van der Waals surface area contributed by atoms with Crippen molar-refractivity contribution in [1.29, 1.82) is 0 Å². The van der Waals surface area contributed by atoms with Crippen LogP contribution in [0, 0.1) is 5.41 Å². The minimum atomic E-state index is -0.935. The largest absolute Gasteiger partial charge is 0.478 e. The second-order valence-corrected chi connectivity index (χ2v) is 7.34. The van der Waals surface area contributed by atoms with Crippen molar-refractivity contribution in [3.8, 4) is 0 Å². The summed E-state index contributed by atoms with van der Waals surface area (Å²) in [6, 6.07) is 0.